The number of thiophene rings is 1. The third-order valence-electron chi connectivity index (χ3n) is 6.05. The molecule has 0 saturated carbocycles. The Hall–Kier alpha value is -2.90. The summed E-state index contributed by atoms with van der Waals surface area (Å²) in [5, 5.41) is 5.75. The number of aromatic nitrogens is 2. The molecule has 0 radical (unpaired) electrons. The number of hydrogen-bond donors (Lipinski definition) is 0. The zero-order valence-electron chi connectivity index (χ0n) is 17.8. The number of carbonyl (C=O) groups is 1. The Labute approximate surface area is 185 Å². The summed E-state index contributed by atoms with van der Waals surface area (Å²) in [6.45, 7) is 4.50. The molecular formula is C24H26N4O2S. The maximum absolute atomic E-state index is 13.7. The fraction of sp³-hybridized carbons (Fsp3) is 0.333. The minimum Gasteiger partial charge on any atom is -0.467 e. The number of aryl methyl sites for hydroxylation is 1. The monoisotopic (exact) mass is 434 g/mol. The molecule has 160 valence electrons. The van der Waals surface area contributed by atoms with Gasteiger partial charge in [-0.05, 0) is 70.2 Å². The summed E-state index contributed by atoms with van der Waals surface area (Å²) in [5.41, 5.74) is 1.94. The van der Waals surface area contributed by atoms with E-state index in [1.54, 1.807) is 6.26 Å². The van der Waals surface area contributed by atoms with Crippen LogP contribution in [0.2, 0.25) is 0 Å². The van der Waals surface area contributed by atoms with E-state index in [2.05, 4.69) is 11.9 Å². The van der Waals surface area contributed by atoms with Crippen LogP contribution in [-0.2, 0) is 6.54 Å². The summed E-state index contributed by atoms with van der Waals surface area (Å²) in [5.74, 6) is 0.895. The van der Waals surface area contributed by atoms with Gasteiger partial charge in [0.05, 0.1) is 29.1 Å². The third kappa shape index (κ3) is 3.91. The first kappa shape index (κ1) is 20.0. The first-order valence-corrected chi connectivity index (χ1v) is 11.5. The van der Waals surface area contributed by atoms with Gasteiger partial charge < -0.3 is 14.2 Å². The second-order valence-electron chi connectivity index (χ2n) is 8.21. The second-order valence-corrected chi connectivity index (χ2v) is 9.24. The Morgan fingerprint density at radius 2 is 1.97 bits per heavy atom. The smallest absolute Gasteiger partial charge is 0.264 e. The van der Waals surface area contributed by atoms with Gasteiger partial charge in [0.2, 0.25) is 0 Å². The number of rotatable bonds is 5. The van der Waals surface area contributed by atoms with Gasteiger partial charge in [0.15, 0.2) is 0 Å². The molecule has 1 aliphatic rings. The SMILES string of the molecule is Cc1nn(-c2ccccc2)c2sc(C(=O)N(Cc3ccco3)C3CCN(C)CC3)cc12. The van der Waals surface area contributed by atoms with Gasteiger partial charge in [-0.1, -0.05) is 18.2 Å². The van der Waals surface area contributed by atoms with Crippen molar-refractivity contribution in [2.75, 3.05) is 20.1 Å². The van der Waals surface area contributed by atoms with Crippen molar-refractivity contribution in [2.45, 2.75) is 32.4 Å². The molecule has 6 nitrogen and oxygen atoms in total. The molecular weight excluding hydrogens is 408 g/mol. The summed E-state index contributed by atoms with van der Waals surface area (Å²) in [4.78, 5) is 19.8. The Morgan fingerprint density at radius 3 is 2.68 bits per heavy atom. The van der Waals surface area contributed by atoms with E-state index in [0.29, 0.717) is 6.54 Å². The number of fused-ring (bicyclic) bond motifs is 1. The summed E-state index contributed by atoms with van der Waals surface area (Å²) in [6.07, 6.45) is 3.62. The first-order valence-electron chi connectivity index (χ1n) is 10.7. The maximum atomic E-state index is 13.7. The minimum absolute atomic E-state index is 0.0752. The highest BCUT2D eigenvalue weighted by atomic mass is 32.1. The van der Waals surface area contributed by atoms with Crippen LogP contribution in [0.1, 0.15) is 34.0 Å². The lowest BCUT2D eigenvalue weighted by molar-refractivity contribution is 0.0555. The molecule has 0 aliphatic carbocycles. The Morgan fingerprint density at radius 1 is 1.19 bits per heavy atom. The van der Waals surface area contributed by atoms with Crippen molar-refractivity contribution in [3.05, 3.63) is 71.1 Å². The highest BCUT2D eigenvalue weighted by molar-refractivity contribution is 7.20. The van der Waals surface area contributed by atoms with Gasteiger partial charge in [-0.3, -0.25) is 4.79 Å². The van der Waals surface area contributed by atoms with E-state index in [-0.39, 0.29) is 11.9 Å². The predicted molar refractivity (Wildman–Crippen MR) is 123 cm³/mol. The molecule has 7 heteroatoms. The van der Waals surface area contributed by atoms with Crippen LogP contribution < -0.4 is 0 Å². The van der Waals surface area contributed by atoms with E-state index in [1.165, 1.54) is 11.3 Å². The zero-order valence-corrected chi connectivity index (χ0v) is 18.6. The Bertz CT molecular complexity index is 1170. The summed E-state index contributed by atoms with van der Waals surface area (Å²) in [7, 11) is 2.14. The predicted octanol–water partition coefficient (Wildman–Crippen LogP) is 4.73. The van der Waals surface area contributed by atoms with Crippen LogP contribution in [0.5, 0.6) is 0 Å². The number of hydrogen-bond acceptors (Lipinski definition) is 5. The lowest BCUT2D eigenvalue weighted by atomic mass is 10.0. The average Bonchev–Trinajstić information content (AvgIpc) is 3.52. The lowest BCUT2D eigenvalue weighted by Gasteiger charge is -2.36. The van der Waals surface area contributed by atoms with Crippen molar-refractivity contribution in [2.24, 2.45) is 0 Å². The molecule has 1 aromatic carbocycles. The Balaban J connectivity index is 1.50. The molecule has 0 N–H and O–H groups in total. The standard InChI is InChI=1S/C24H26N4O2S/c1-17-21-15-22(31-24(21)28(25-17)19-7-4-3-5-8-19)23(29)27(16-20-9-6-14-30-20)18-10-12-26(2)13-11-18/h3-9,14-15,18H,10-13,16H2,1-2H3. The molecule has 1 aliphatic heterocycles. The van der Waals surface area contributed by atoms with E-state index in [9.17, 15) is 4.79 Å². The molecule has 4 aromatic rings. The van der Waals surface area contributed by atoms with Gasteiger partial charge in [-0.2, -0.15) is 5.10 Å². The van der Waals surface area contributed by atoms with E-state index in [4.69, 9.17) is 9.52 Å². The fourth-order valence-electron chi connectivity index (χ4n) is 4.28. The lowest BCUT2D eigenvalue weighted by Crippen LogP contribution is -2.46. The molecule has 3 aromatic heterocycles. The molecule has 1 fully saturated rings. The van der Waals surface area contributed by atoms with E-state index < -0.39 is 0 Å². The summed E-state index contributed by atoms with van der Waals surface area (Å²) < 4.78 is 7.53. The van der Waals surface area contributed by atoms with Gasteiger partial charge in [0.1, 0.15) is 10.6 Å². The number of piperidine rings is 1. The van der Waals surface area contributed by atoms with E-state index in [0.717, 1.165) is 58.2 Å². The molecule has 0 atom stereocenters. The number of likely N-dealkylation sites (tertiary alicyclic amines) is 1. The van der Waals surface area contributed by atoms with Crippen LogP contribution in [0.15, 0.2) is 59.2 Å². The quantitative estimate of drug-likeness (QED) is 0.456. The zero-order chi connectivity index (χ0) is 21.4. The number of amides is 1. The van der Waals surface area contributed by atoms with Crippen molar-refractivity contribution in [1.29, 1.82) is 0 Å². The molecule has 31 heavy (non-hydrogen) atoms. The minimum atomic E-state index is 0.0752. The summed E-state index contributed by atoms with van der Waals surface area (Å²) in [6, 6.07) is 16.1. The van der Waals surface area contributed by atoms with Gasteiger partial charge >= 0.3 is 0 Å². The summed E-state index contributed by atoms with van der Waals surface area (Å²) >= 11 is 1.52. The van der Waals surface area contributed by atoms with Gasteiger partial charge in [0.25, 0.3) is 5.91 Å². The van der Waals surface area contributed by atoms with Crippen LogP contribution in [0.25, 0.3) is 15.9 Å². The van der Waals surface area contributed by atoms with Crippen LogP contribution in [-0.4, -0.2) is 51.7 Å². The van der Waals surface area contributed by atoms with Gasteiger partial charge in [-0.25, -0.2) is 4.68 Å². The fourth-order valence-corrected chi connectivity index (χ4v) is 5.42. The van der Waals surface area contributed by atoms with Crippen molar-refractivity contribution in [3.63, 3.8) is 0 Å². The van der Waals surface area contributed by atoms with Crippen molar-refractivity contribution in [1.82, 2.24) is 19.6 Å². The largest absolute Gasteiger partial charge is 0.467 e. The number of furan rings is 1. The topological polar surface area (TPSA) is 54.5 Å². The van der Waals surface area contributed by atoms with Gasteiger partial charge in [-0.15, -0.1) is 11.3 Å². The molecule has 1 saturated heterocycles. The normalized spacial score (nSPS) is 15.5. The number of nitrogens with zero attached hydrogens (tertiary/aromatic N) is 4. The van der Waals surface area contributed by atoms with Gasteiger partial charge in [0, 0.05) is 11.4 Å². The molecule has 0 spiro atoms. The first-order chi connectivity index (χ1) is 15.1. The molecule has 4 heterocycles. The van der Waals surface area contributed by atoms with E-state index >= 15 is 0 Å². The third-order valence-corrected chi connectivity index (χ3v) is 7.15. The van der Waals surface area contributed by atoms with Crippen molar-refractivity contribution in [3.8, 4) is 5.69 Å². The molecule has 1 amide bonds. The highest BCUT2D eigenvalue weighted by Crippen LogP contribution is 2.32. The highest BCUT2D eigenvalue weighted by Gasteiger charge is 2.30. The molecule has 0 bridgehead atoms. The number of carbonyl (C=O) groups excluding carboxylic acids is 1. The number of para-hydroxylation sites is 1. The van der Waals surface area contributed by atoms with Crippen molar-refractivity contribution >= 4 is 27.5 Å². The van der Waals surface area contributed by atoms with E-state index in [1.807, 2.05) is 65.0 Å². The van der Waals surface area contributed by atoms with Crippen LogP contribution >= 0.6 is 11.3 Å². The number of benzene rings is 1. The Kier molecular flexibility index (Phi) is 5.38. The second kappa shape index (κ2) is 8.32. The van der Waals surface area contributed by atoms with Crippen LogP contribution in [0, 0.1) is 6.92 Å². The van der Waals surface area contributed by atoms with Crippen molar-refractivity contribution < 1.29 is 9.21 Å². The van der Waals surface area contributed by atoms with Crippen LogP contribution in [0.4, 0.5) is 0 Å². The van der Waals surface area contributed by atoms with Crippen LogP contribution in [0.3, 0.4) is 0 Å². The molecule has 5 rings (SSSR count). The average molecular weight is 435 g/mol. The maximum Gasteiger partial charge on any atom is 0.264 e. The molecule has 0 unspecified atom stereocenters.